The number of fused-ring (bicyclic) bond motifs is 4. The molecule has 0 nitrogen and oxygen atoms in total. The van der Waals surface area contributed by atoms with Crippen LogP contribution in [0.25, 0.3) is 43.1 Å². The fourth-order valence-electron chi connectivity index (χ4n) is 3.39. The Morgan fingerprint density at radius 1 is 0.304 bits per heavy atom. The van der Waals surface area contributed by atoms with Gasteiger partial charge in [0.2, 0.25) is 0 Å². The Bertz CT molecular complexity index is 988. The van der Waals surface area contributed by atoms with Gasteiger partial charge < -0.3 is 0 Å². The number of rotatable bonds is 0. The van der Waals surface area contributed by atoms with Gasteiger partial charge in [0.25, 0.3) is 0 Å². The summed E-state index contributed by atoms with van der Waals surface area (Å²) in [5.74, 6) is 0. The minimum atomic E-state index is 0. The SMILES string of the molecule is [Rb].c1ccc2cc3cc4cc5ccccc5cc4cc3cc2c1. The van der Waals surface area contributed by atoms with Gasteiger partial charge in [0.05, 0.1) is 0 Å². The van der Waals surface area contributed by atoms with Gasteiger partial charge in [0.1, 0.15) is 0 Å². The molecule has 0 saturated carbocycles. The summed E-state index contributed by atoms with van der Waals surface area (Å²) in [5.41, 5.74) is 0. The first-order valence-corrected chi connectivity index (χ1v) is 7.62. The van der Waals surface area contributed by atoms with Crippen LogP contribution in [-0.2, 0) is 0 Å². The molecule has 0 fully saturated rings. The van der Waals surface area contributed by atoms with Crippen LogP contribution in [0.2, 0.25) is 0 Å². The van der Waals surface area contributed by atoms with E-state index in [9.17, 15) is 0 Å². The molecule has 0 heterocycles. The van der Waals surface area contributed by atoms with Gasteiger partial charge in [0.15, 0.2) is 0 Å². The molecule has 103 valence electrons. The van der Waals surface area contributed by atoms with Crippen LogP contribution in [0.4, 0.5) is 0 Å². The van der Waals surface area contributed by atoms with Gasteiger partial charge >= 0.3 is 0 Å². The average molecular weight is 364 g/mol. The molecule has 0 aromatic heterocycles. The van der Waals surface area contributed by atoms with Crippen LogP contribution < -0.4 is 0 Å². The summed E-state index contributed by atoms with van der Waals surface area (Å²) in [6, 6.07) is 30.9. The first kappa shape index (κ1) is 15.5. The van der Waals surface area contributed by atoms with Crippen LogP contribution in [0.1, 0.15) is 0 Å². The van der Waals surface area contributed by atoms with Gasteiger partial charge in [-0.05, 0) is 79.5 Å². The van der Waals surface area contributed by atoms with E-state index in [1.54, 1.807) is 0 Å². The quantitative estimate of drug-likeness (QED) is 0.300. The summed E-state index contributed by atoms with van der Waals surface area (Å²) < 4.78 is 0. The van der Waals surface area contributed by atoms with E-state index in [4.69, 9.17) is 0 Å². The molecule has 0 bridgehead atoms. The standard InChI is InChI=1S/C22H14.Rb/c1-2-6-16-10-20-14-22-12-18-8-4-3-7-17(18)11-21(22)13-19(20)9-15(16)5-1;/h1-14H;. The van der Waals surface area contributed by atoms with Gasteiger partial charge in [-0.15, -0.1) is 0 Å². The van der Waals surface area contributed by atoms with Crippen molar-refractivity contribution < 1.29 is 0 Å². The van der Waals surface area contributed by atoms with Crippen LogP contribution in [0, 0.1) is 0 Å². The maximum atomic E-state index is 2.31. The largest absolute Gasteiger partial charge is 0.0616 e. The van der Waals surface area contributed by atoms with Crippen LogP contribution in [0.5, 0.6) is 0 Å². The Labute approximate surface area is 183 Å². The first-order chi connectivity index (χ1) is 10.9. The average Bonchev–Trinajstić information content (AvgIpc) is 2.56. The second-order valence-electron chi connectivity index (χ2n) is 5.95. The molecule has 0 aliphatic heterocycles. The molecule has 0 saturated heterocycles. The Morgan fingerprint density at radius 3 is 0.783 bits per heavy atom. The monoisotopic (exact) mass is 363 g/mol. The van der Waals surface area contributed by atoms with Crippen molar-refractivity contribution >= 4 is 101 Å². The van der Waals surface area contributed by atoms with E-state index in [1.807, 2.05) is 0 Å². The molecule has 5 rings (SSSR count). The second-order valence-corrected chi connectivity index (χ2v) is 5.95. The Morgan fingerprint density at radius 2 is 0.522 bits per heavy atom. The predicted octanol–water partition coefficient (Wildman–Crippen LogP) is 5.92. The van der Waals surface area contributed by atoms with E-state index >= 15 is 0 Å². The van der Waals surface area contributed by atoms with Crippen molar-refractivity contribution in [3.8, 4) is 0 Å². The van der Waals surface area contributed by atoms with Crippen molar-refractivity contribution in [2.45, 2.75) is 0 Å². The number of benzene rings is 5. The van der Waals surface area contributed by atoms with Crippen molar-refractivity contribution in [3.63, 3.8) is 0 Å². The van der Waals surface area contributed by atoms with E-state index in [2.05, 4.69) is 84.9 Å². The number of hydrogen-bond donors (Lipinski definition) is 0. The summed E-state index contributed by atoms with van der Waals surface area (Å²) in [6.45, 7) is 0. The van der Waals surface area contributed by atoms with Crippen molar-refractivity contribution in [2.24, 2.45) is 0 Å². The molecule has 5 aromatic carbocycles. The third-order valence-corrected chi connectivity index (χ3v) is 4.52. The van der Waals surface area contributed by atoms with Crippen molar-refractivity contribution in [2.75, 3.05) is 0 Å². The molecule has 0 aliphatic carbocycles. The zero-order valence-corrected chi connectivity index (χ0v) is 18.0. The molecule has 0 aliphatic rings. The maximum absolute atomic E-state index is 2.31. The Kier molecular flexibility index (Phi) is 4.11. The normalized spacial score (nSPS) is 11.1. The minimum absolute atomic E-state index is 0. The molecule has 0 unspecified atom stereocenters. The molecule has 5 aromatic rings. The van der Waals surface area contributed by atoms with E-state index in [-0.39, 0.29) is 58.2 Å². The smallest absolute Gasteiger partial charge is 0 e. The van der Waals surface area contributed by atoms with E-state index < -0.39 is 0 Å². The molecule has 1 radical (unpaired) electrons. The molecule has 0 spiro atoms. The van der Waals surface area contributed by atoms with Crippen molar-refractivity contribution in [1.29, 1.82) is 0 Å². The molecule has 0 amide bonds. The van der Waals surface area contributed by atoms with Gasteiger partial charge in [0, 0.05) is 58.2 Å². The van der Waals surface area contributed by atoms with Gasteiger partial charge in [-0.2, -0.15) is 0 Å². The van der Waals surface area contributed by atoms with E-state index in [1.165, 1.54) is 43.1 Å². The fourth-order valence-corrected chi connectivity index (χ4v) is 3.39. The first-order valence-electron chi connectivity index (χ1n) is 7.62. The summed E-state index contributed by atoms with van der Waals surface area (Å²) in [4.78, 5) is 0. The fraction of sp³-hybridized carbons (Fsp3) is 0. The number of hydrogen-bond acceptors (Lipinski definition) is 0. The second kappa shape index (κ2) is 6.10. The van der Waals surface area contributed by atoms with Crippen LogP contribution in [0.15, 0.2) is 84.9 Å². The topological polar surface area (TPSA) is 0 Å². The Balaban J connectivity index is 0.00000135. The molecular formula is C22H14Rb. The molecule has 0 atom stereocenters. The maximum Gasteiger partial charge on any atom is 0 e. The zero-order chi connectivity index (χ0) is 14.5. The molecule has 23 heavy (non-hydrogen) atoms. The molecule has 1 heteroatoms. The van der Waals surface area contributed by atoms with Crippen LogP contribution >= 0.6 is 0 Å². The van der Waals surface area contributed by atoms with Crippen LogP contribution in [-0.4, -0.2) is 58.2 Å². The third-order valence-electron chi connectivity index (χ3n) is 4.52. The zero-order valence-electron chi connectivity index (χ0n) is 13.1. The predicted molar refractivity (Wildman–Crippen MR) is 102 cm³/mol. The summed E-state index contributed by atoms with van der Waals surface area (Å²) in [5, 5.41) is 10.4. The summed E-state index contributed by atoms with van der Waals surface area (Å²) in [7, 11) is 0. The molecule has 0 N–H and O–H groups in total. The van der Waals surface area contributed by atoms with E-state index in [0.717, 1.165) is 0 Å². The van der Waals surface area contributed by atoms with Crippen LogP contribution in [0.3, 0.4) is 0 Å². The van der Waals surface area contributed by atoms with Gasteiger partial charge in [-0.25, -0.2) is 0 Å². The summed E-state index contributed by atoms with van der Waals surface area (Å²) >= 11 is 0. The van der Waals surface area contributed by atoms with Crippen molar-refractivity contribution in [1.82, 2.24) is 0 Å². The van der Waals surface area contributed by atoms with Gasteiger partial charge in [-0.1, -0.05) is 48.5 Å². The van der Waals surface area contributed by atoms with Gasteiger partial charge in [-0.3, -0.25) is 0 Å². The van der Waals surface area contributed by atoms with E-state index in [0.29, 0.717) is 0 Å². The minimum Gasteiger partial charge on any atom is -0.0616 e. The molecular weight excluding hydrogens is 350 g/mol. The van der Waals surface area contributed by atoms with Crippen molar-refractivity contribution in [3.05, 3.63) is 84.9 Å². The third kappa shape index (κ3) is 2.68. The summed E-state index contributed by atoms with van der Waals surface area (Å²) in [6.07, 6.45) is 0. The Hall–Kier alpha value is -1.05.